The van der Waals surface area contributed by atoms with Crippen molar-refractivity contribution in [3.8, 4) is 16.9 Å². The largest absolute Gasteiger partial charge is 0.491 e. The molecule has 1 aliphatic rings. The van der Waals surface area contributed by atoms with Crippen LogP contribution in [0.1, 0.15) is 46.0 Å². The number of nitrogens with zero attached hydrogens (tertiary/aromatic N) is 3. The Morgan fingerprint density at radius 2 is 1.72 bits per heavy atom. The third-order valence-corrected chi connectivity index (χ3v) is 6.29. The summed E-state index contributed by atoms with van der Waals surface area (Å²) in [5.74, 6) is 0.722. The van der Waals surface area contributed by atoms with Gasteiger partial charge in [-0.15, -0.1) is 0 Å². The topological polar surface area (TPSA) is 78.5 Å². The van der Waals surface area contributed by atoms with Gasteiger partial charge in [0.15, 0.2) is 0 Å². The van der Waals surface area contributed by atoms with Crippen molar-refractivity contribution >= 4 is 22.8 Å². The molecular weight excluding hydrogens is 459 g/mol. The predicted molar refractivity (Wildman–Crippen MR) is 135 cm³/mol. The number of aryl methyl sites for hydroxylation is 1. The first-order chi connectivity index (χ1) is 17.3. The minimum Gasteiger partial charge on any atom is -0.491 e. The molecule has 0 radical (unpaired) electrons. The molecule has 7 nitrogen and oxygen atoms in total. The minimum atomic E-state index is -0.725. The Labute approximate surface area is 208 Å². The molecule has 0 aliphatic carbocycles. The van der Waals surface area contributed by atoms with Gasteiger partial charge < -0.3 is 14.6 Å². The predicted octanol–water partition coefficient (Wildman–Crippen LogP) is 5.31. The second-order valence-corrected chi connectivity index (χ2v) is 9.24. The van der Waals surface area contributed by atoms with Crippen molar-refractivity contribution in [3.63, 3.8) is 0 Å². The van der Waals surface area contributed by atoms with E-state index in [2.05, 4.69) is 22.1 Å². The lowest BCUT2D eigenvalue weighted by Gasteiger charge is -2.20. The van der Waals surface area contributed by atoms with Crippen LogP contribution in [0.3, 0.4) is 0 Å². The van der Waals surface area contributed by atoms with Crippen LogP contribution >= 0.6 is 0 Å². The number of rotatable bonds is 4. The summed E-state index contributed by atoms with van der Waals surface area (Å²) in [6.45, 7) is 6.30. The molecule has 0 spiro atoms. The van der Waals surface area contributed by atoms with Gasteiger partial charge in [0.2, 0.25) is 0 Å². The lowest BCUT2D eigenvalue weighted by Crippen LogP contribution is -2.32. The normalized spacial score (nSPS) is 13.3. The van der Waals surface area contributed by atoms with Crippen molar-refractivity contribution < 1.29 is 18.8 Å². The second kappa shape index (κ2) is 9.45. The molecule has 1 aromatic heterocycles. The smallest absolute Gasteiger partial charge is 0.281 e. The second-order valence-electron chi connectivity index (χ2n) is 9.24. The summed E-state index contributed by atoms with van der Waals surface area (Å²) < 4.78 is 19.9. The zero-order chi connectivity index (χ0) is 25.4. The standard InChI is InChI=1S/C28H27FN4O3/c1-17(2)33(29)28(35)20-6-4-19(5-7-20)27(34)32-12-13-36-26-11-9-21(14-23(26)16-32)22-8-10-24-25(15-22)31-18(3)30-24/h4-11,14-15,17H,12-13,16H2,1-3H3,(H,30,31). The van der Waals surface area contributed by atoms with E-state index >= 15 is 0 Å². The maximum atomic E-state index is 14.0. The van der Waals surface area contributed by atoms with Crippen LogP contribution in [0, 0.1) is 6.92 Å². The van der Waals surface area contributed by atoms with Gasteiger partial charge in [-0.25, -0.2) is 4.98 Å². The fourth-order valence-electron chi connectivity index (χ4n) is 4.36. The quantitative estimate of drug-likeness (QED) is 0.397. The summed E-state index contributed by atoms with van der Waals surface area (Å²) in [5.41, 5.74) is 5.49. The van der Waals surface area contributed by atoms with Gasteiger partial charge in [0.25, 0.3) is 11.8 Å². The average Bonchev–Trinajstić information content (AvgIpc) is 3.12. The van der Waals surface area contributed by atoms with E-state index in [4.69, 9.17) is 4.74 Å². The molecule has 0 bridgehead atoms. The summed E-state index contributed by atoms with van der Waals surface area (Å²) >= 11 is 0. The minimum absolute atomic E-state index is 0.175. The van der Waals surface area contributed by atoms with Gasteiger partial charge in [0.05, 0.1) is 23.6 Å². The number of carbonyl (C=O) groups is 2. The first kappa shape index (κ1) is 23.5. The van der Waals surface area contributed by atoms with E-state index in [0.717, 1.165) is 39.3 Å². The zero-order valence-corrected chi connectivity index (χ0v) is 20.4. The Bertz CT molecular complexity index is 1450. The van der Waals surface area contributed by atoms with Crippen LogP contribution in [0.5, 0.6) is 5.75 Å². The summed E-state index contributed by atoms with van der Waals surface area (Å²) in [7, 11) is 0. The number of ether oxygens (including phenoxy) is 1. The number of imidazole rings is 1. The summed E-state index contributed by atoms with van der Waals surface area (Å²) in [6.07, 6.45) is 0. The van der Waals surface area contributed by atoms with Crippen LogP contribution < -0.4 is 4.74 Å². The molecule has 0 atom stereocenters. The molecule has 1 N–H and O–H groups in total. The Balaban J connectivity index is 1.37. The number of H-pyrrole nitrogens is 1. The molecule has 36 heavy (non-hydrogen) atoms. The molecule has 5 rings (SSSR count). The highest BCUT2D eigenvalue weighted by atomic mass is 19.2. The molecule has 0 fully saturated rings. The summed E-state index contributed by atoms with van der Waals surface area (Å²) in [6, 6.07) is 17.6. The third-order valence-electron chi connectivity index (χ3n) is 6.29. The summed E-state index contributed by atoms with van der Waals surface area (Å²) in [4.78, 5) is 34.9. The maximum Gasteiger partial charge on any atom is 0.281 e. The average molecular weight is 487 g/mol. The van der Waals surface area contributed by atoms with E-state index in [1.165, 1.54) is 12.1 Å². The molecular formula is C28H27FN4O3. The molecule has 8 heteroatoms. The molecule has 0 unspecified atom stereocenters. The van der Waals surface area contributed by atoms with E-state index in [1.54, 1.807) is 30.9 Å². The SMILES string of the molecule is Cc1nc2ccc(-c3ccc4c(c3)CN(C(=O)c3ccc(C(=O)N(F)C(C)C)cc3)CCO4)cc2[nH]1. The Morgan fingerprint density at radius 3 is 2.47 bits per heavy atom. The number of aromatic nitrogens is 2. The molecule has 0 saturated carbocycles. The van der Waals surface area contributed by atoms with Gasteiger partial charge in [-0.1, -0.05) is 16.6 Å². The molecule has 3 aromatic carbocycles. The highest BCUT2D eigenvalue weighted by Crippen LogP contribution is 2.31. The van der Waals surface area contributed by atoms with E-state index < -0.39 is 11.9 Å². The molecule has 184 valence electrons. The number of halogens is 1. The van der Waals surface area contributed by atoms with Crippen LogP contribution in [-0.4, -0.2) is 51.0 Å². The maximum absolute atomic E-state index is 14.0. The number of nitrogens with one attached hydrogen (secondary N) is 1. The zero-order valence-electron chi connectivity index (χ0n) is 20.4. The highest BCUT2D eigenvalue weighted by Gasteiger charge is 2.23. The molecule has 1 aliphatic heterocycles. The van der Waals surface area contributed by atoms with Gasteiger partial charge in [-0.05, 0) is 80.4 Å². The van der Waals surface area contributed by atoms with Crippen LogP contribution in [0.15, 0.2) is 60.7 Å². The molecule has 2 amide bonds. The fourth-order valence-corrected chi connectivity index (χ4v) is 4.36. The van der Waals surface area contributed by atoms with Gasteiger partial charge in [0, 0.05) is 23.2 Å². The highest BCUT2D eigenvalue weighted by molar-refractivity contribution is 5.97. The first-order valence-electron chi connectivity index (χ1n) is 11.9. The number of hydrogen-bond donors (Lipinski definition) is 1. The van der Waals surface area contributed by atoms with Crippen LogP contribution in [0.4, 0.5) is 4.48 Å². The number of benzene rings is 3. The number of amides is 2. The lowest BCUT2D eigenvalue weighted by molar-refractivity contribution is 0.00210. The fraction of sp³-hybridized carbons (Fsp3) is 0.250. The van der Waals surface area contributed by atoms with Gasteiger partial charge in [0.1, 0.15) is 18.2 Å². The molecule has 2 heterocycles. The monoisotopic (exact) mass is 486 g/mol. The summed E-state index contributed by atoms with van der Waals surface area (Å²) in [5, 5.41) is 0.183. The molecule has 0 saturated heterocycles. The van der Waals surface area contributed by atoms with E-state index in [1.807, 2.05) is 31.2 Å². The number of carbonyl (C=O) groups excluding carboxylic acids is 2. The Morgan fingerprint density at radius 1 is 1.03 bits per heavy atom. The van der Waals surface area contributed by atoms with Crippen LogP contribution in [0.2, 0.25) is 0 Å². The van der Waals surface area contributed by atoms with Gasteiger partial charge in [-0.2, -0.15) is 5.12 Å². The van der Waals surface area contributed by atoms with Crippen LogP contribution in [-0.2, 0) is 6.54 Å². The van der Waals surface area contributed by atoms with Crippen LogP contribution in [0.25, 0.3) is 22.2 Å². The van der Waals surface area contributed by atoms with E-state index in [9.17, 15) is 14.1 Å². The number of fused-ring (bicyclic) bond motifs is 2. The van der Waals surface area contributed by atoms with Crippen molar-refractivity contribution in [2.24, 2.45) is 0 Å². The lowest BCUT2D eigenvalue weighted by atomic mass is 10.0. The first-order valence-corrected chi connectivity index (χ1v) is 11.9. The number of hydrogen-bond acceptors (Lipinski definition) is 4. The Hall–Kier alpha value is -4.20. The Kier molecular flexibility index (Phi) is 6.18. The van der Waals surface area contributed by atoms with Gasteiger partial charge in [-0.3, -0.25) is 9.59 Å². The van der Waals surface area contributed by atoms with Gasteiger partial charge >= 0.3 is 0 Å². The van der Waals surface area contributed by atoms with Crippen molar-refractivity contribution in [3.05, 3.63) is 83.2 Å². The van der Waals surface area contributed by atoms with Crippen molar-refractivity contribution in [1.82, 2.24) is 20.0 Å². The molecule has 4 aromatic rings. The third kappa shape index (κ3) is 4.54. The van der Waals surface area contributed by atoms with E-state index in [-0.39, 0.29) is 16.6 Å². The van der Waals surface area contributed by atoms with Crippen molar-refractivity contribution in [1.29, 1.82) is 0 Å². The van der Waals surface area contributed by atoms with Crippen molar-refractivity contribution in [2.75, 3.05) is 13.2 Å². The van der Waals surface area contributed by atoms with Crippen molar-refractivity contribution in [2.45, 2.75) is 33.4 Å². The number of aromatic amines is 1. The van der Waals surface area contributed by atoms with E-state index in [0.29, 0.717) is 25.3 Å².